The molecule has 1 aromatic heterocycles. The molecule has 0 aliphatic carbocycles. The monoisotopic (exact) mass is 454 g/mol. The van der Waals surface area contributed by atoms with Crippen LogP contribution in [0.25, 0.3) is 11.3 Å². The fourth-order valence-corrected chi connectivity index (χ4v) is 3.95. The van der Waals surface area contributed by atoms with Crippen LogP contribution in [0.1, 0.15) is 29.2 Å². The van der Waals surface area contributed by atoms with E-state index < -0.39 is 11.7 Å². The summed E-state index contributed by atoms with van der Waals surface area (Å²) in [4.78, 5) is 13.8. The molecule has 10 heteroatoms. The van der Waals surface area contributed by atoms with Crippen LogP contribution >= 0.6 is 11.6 Å². The number of primary amides is 1. The van der Waals surface area contributed by atoms with Crippen LogP contribution in [0.15, 0.2) is 42.5 Å². The minimum atomic E-state index is -0.696. The molecule has 1 saturated heterocycles. The molecule has 32 heavy (non-hydrogen) atoms. The number of piperidine rings is 1. The zero-order chi connectivity index (χ0) is 22.8. The number of nitrogens with two attached hydrogens (primary N) is 2. The van der Waals surface area contributed by atoms with E-state index in [-0.39, 0.29) is 28.2 Å². The van der Waals surface area contributed by atoms with Gasteiger partial charge in [0, 0.05) is 12.1 Å². The Balaban J connectivity index is 1.65. The van der Waals surface area contributed by atoms with Crippen LogP contribution in [0.2, 0.25) is 5.02 Å². The lowest BCUT2D eigenvalue weighted by atomic mass is 10.1. The van der Waals surface area contributed by atoms with Crippen molar-refractivity contribution in [2.24, 2.45) is 5.73 Å². The molecule has 1 aliphatic heterocycles. The first-order valence-corrected chi connectivity index (χ1v) is 10.3. The summed E-state index contributed by atoms with van der Waals surface area (Å²) in [6.45, 7) is 1.14. The SMILES string of the molecule is N#CN1CCCC(n2nc(-c3ccc(Oc4cccc(Cl)c4F)cc3)c(C(N)=O)c2N)C1. The zero-order valence-electron chi connectivity index (χ0n) is 17.0. The van der Waals surface area contributed by atoms with Gasteiger partial charge in [0.25, 0.3) is 5.91 Å². The molecule has 1 unspecified atom stereocenters. The Kier molecular flexibility index (Phi) is 5.88. The quantitative estimate of drug-likeness (QED) is 0.563. The first-order chi connectivity index (χ1) is 15.4. The molecular weight excluding hydrogens is 435 g/mol. The number of likely N-dealkylation sites (tertiary alicyclic amines) is 1. The number of nitriles is 1. The van der Waals surface area contributed by atoms with Crippen LogP contribution < -0.4 is 16.2 Å². The molecule has 0 radical (unpaired) electrons. The Morgan fingerprint density at radius 3 is 2.72 bits per heavy atom. The van der Waals surface area contributed by atoms with Gasteiger partial charge in [-0.3, -0.25) is 4.79 Å². The fraction of sp³-hybridized carbons (Fsp3) is 0.227. The second-order valence-electron chi connectivity index (χ2n) is 7.44. The molecule has 4 rings (SSSR count). The number of amides is 1. The van der Waals surface area contributed by atoms with E-state index in [2.05, 4.69) is 11.3 Å². The third kappa shape index (κ3) is 4.05. The van der Waals surface area contributed by atoms with Gasteiger partial charge in [-0.15, -0.1) is 0 Å². The second kappa shape index (κ2) is 8.77. The number of nitrogen functional groups attached to an aromatic ring is 1. The highest BCUT2D eigenvalue weighted by Crippen LogP contribution is 2.34. The maximum absolute atomic E-state index is 14.1. The van der Waals surface area contributed by atoms with Gasteiger partial charge in [-0.2, -0.15) is 10.4 Å². The molecule has 2 heterocycles. The number of aromatic nitrogens is 2. The highest BCUT2D eigenvalue weighted by Gasteiger charge is 2.28. The number of rotatable bonds is 5. The molecule has 3 aromatic rings. The average Bonchev–Trinajstić information content (AvgIpc) is 3.15. The van der Waals surface area contributed by atoms with Crippen molar-refractivity contribution in [2.75, 3.05) is 18.8 Å². The summed E-state index contributed by atoms with van der Waals surface area (Å²) in [5, 5.41) is 13.7. The maximum Gasteiger partial charge on any atom is 0.254 e. The number of carbonyl (C=O) groups is 1. The van der Waals surface area contributed by atoms with Crippen LogP contribution in [-0.2, 0) is 0 Å². The Morgan fingerprint density at radius 1 is 1.28 bits per heavy atom. The molecule has 0 bridgehead atoms. The van der Waals surface area contributed by atoms with Crippen molar-refractivity contribution in [3.05, 3.63) is 58.9 Å². The zero-order valence-corrected chi connectivity index (χ0v) is 17.7. The largest absolute Gasteiger partial charge is 0.454 e. The van der Waals surface area contributed by atoms with Crippen molar-refractivity contribution in [2.45, 2.75) is 18.9 Å². The number of carbonyl (C=O) groups excluding carboxylic acids is 1. The number of halogens is 2. The molecule has 4 N–H and O–H groups in total. The summed E-state index contributed by atoms with van der Waals surface area (Å²) in [5.41, 5.74) is 12.9. The summed E-state index contributed by atoms with van der Waals surface area (Å²) >= 11 is 5.79. The molecule has 8 nitrogen and oxygen atoms in total. The molecule has 1 atom stereocenters. The number of hydrogen-bond acceptors (Lipinski definition) is 6. The van der Waals surface area contributed by atoms with Crippen LogP contribution in [0.5, 0.6) is 11.5 Å². The number of nitrogens with zero attached hydrogens (tertiary/aromatic N) is 4. The first kappa shape index (κ1) is 21.5. The van der Waals surface area contributed by atoms with Gasteiger partial charge >= 0.3 is 0 Å². The summed E-state index contributed by atoms with van der Waals surface area (Å²) in [7, 11) is 0. The van der Waals surface area contributed by atoms with Crippen molar-refractivity contribution < 1.29 is 13.9 Å². The molecule has 164 valence electrons. The third-order valence-corrected chi connectivity index (χ3v) is 5.64. The number of anilines is 1. The number of benzene rings is 2. The Morgan fingerprint density at radius 2 is 2.03 bits per heavy atom. The average molecular weight is 455 g/mol. The van der Waals surface area contributed by atoms with Gasteiger partial charge in [0.05, 0.1) is 17.6 Å². The minimum Gasteiger partial charge on any atom is -0.454 e. The molecule has 1 amide bonds. The van der Waals surface area contributed by atoms with Gasteiger partial charge in [-0.1, -0.05) is 17.7 Å². The van der Waals surface area contributed by atoms with Crippen molar-refractivity contribution >= 4 is 23.3 Å². The minimum absolute atomic E-state index is 0.00376. The van der Waals surface area contributed by atoms with Crippen molar-refractivity contribution in [1.29, 1.82) is 5.26 Å². The lowest BCUT2D eigenvalue weighted by Crippen LogP contribution is -2.34. The second-order valence-corrected chi connectivity index (χ2v) is 7.85. The normalized spacial score (nSPS) is 15.9. The molecule has 1 aliphatic rings. The molecular formula is C22H20ClFN6O2. The van der Waals surface area contributed by atoms with Crippen molar-refractivity contribution in [1.82, 2.24) is 14.7 Å². The standard InChI is InChI=1S/C22H20ClFN6O2/c23-16-4-1-5-17(19(16)24)32-15-8-6-13(7-9-15)20-18(22(27)31)21(26)30(28-20)14-3-2-10-29(11-14)12-25/h1,4-9,14H,2-3,10-11,26H2,(H2,27,31). The lowest BCUT2D eigenvalue weighted by molar-refractivity contribution is 0.100. The lowest BCUT2D eigenvalue weighted by Gasteiger charge is -2.29. The predicted molar refractivity (Wildman–Crippen MR) is 118 cm³/mol. The van der Waals surface area contributed by atoms with E-state index in [0.717, 1.165) is 12.8 Å². The Labute approximate surface area is 188 Å². The van der Waals surface area contributed by atoms with Gasteiger partial charge in [-0.05, 0) is 49.2 Å². The maximum atomic E-state index is 14.1. The van der Waals surface area contributed by atoms with E-state index >= 15 is 0 Å². The van der Waals surface area contributed by atoms with E-state index in [4.69, 9.17) is 27.8 Å². The third-order valence-electron chi connectivity index (χ3n) is 5.35. The Bertz CT molecular complexity index is 1200. The number of ether oxygens (including phenoxy) is 1. The summed E-state index contributed by atoms with van der Waals surface area (Å²) < 4.78 is 21.2. The van der Waals surface area contributed by atoms with Crippen LogP contribution in [-0.4, -0.2) is 33.7 Å². The number of hydrogen-bond donors (Lipinski definition) is 2. The first-order valence-electron chi connectivity index (χ1n) is 9.93. The van der Waals surface area contributed by atoms with Gasteiger partial charge in [-0.25, -0.2) is 9.07 Å². The fourth-order valence-electron chi connectivity index (χ4n) is 3.79. The predicted octanol–water partition coefficient (Wildman–Crippen LogP) is 3.93. The van der Waals surface area contributed by atoms with Gasteiger partial charge in [0.2, 0.25) is 0 Å². The van der Waals surface area contributed by atoms with Gasteiger partial charge in [0.1, 0.15) is 22.8 Å². The van der Waals surface area contributed by atoms with Gasteiger partial charge in [0.15, 0.2) is 17.8 Å². The van der Waals surface area contributed by atoms with E-state index in [9.17, 15) is 14.4 Å². The molecule has 0 spiro atoms. The smallest absolute Gasteiger partial charge is 0.254 e. The van der Waals surface area contributed by atoms with Crippen LogP contribution in [0.3, 0.4) is 0 Å². The molecule has 2 aromatic carbocycles. The molecule has 0 saturated carbocycles. The molecule has 1 fully saturated rings. The highest BCUT2D eigenvalue weighted by molar-refractivity contribution is 6.30. The van der Waals surface area contributed by atoms with E-state index in [1.165, 1.54) is 12.1 Å². The van der Waals surface area contributed by atoms with E-state index in [1.807, 2.05) is 0 Å². The Hall–Kier alpha value is -3.77. The van der Waals surface area contributed by atoms with Crippen molar-refractivity contribution in [3.63, 3.8) is 0 Å². The summed E-state index contributed by atoms with van der Waals surface area (Å²) in [6.07, 6.45) is 3.73. The summed E-state index contributed by atoms with van der Waals surface area (Å²) in [6, 6.07) is 10.9. The topological polar surface area (TPSA) is 123 Å². The van der Waals surface area contributed by atoms with E-state index in [0.29, 0.717) is 30.1 Å². The highest BCUT2D eigenvalue weighted by atomic mass is 35.5. The van der Waals surface area contributed by atoms with Crippen molar-refractivity contribution in [3.8, 4) is 28.9 Å². The van der Waals surface area contributed by atoms with Crippen LogP contribution in [0, 0.1) is 17.3 Å². The summed E-state index contributed by atoms with van der Waals surface area (Å²) in [5.74, 6) is -0.813. The van der Waals surface area contributed by atoms with E-state index in [1.54, 1.807) is 39.9 Å². The van der Waals surface area contributed by atoms with Gasteiger partial charge < -0.3 is 21.1 Å². The van der Waals surface area contributed by atoms with Crippen LogP contribution in [0.4, 0.5) is 10.2 Å².